The van der Waals surface area contributed by atoms with Gasteiger partial charge < -0.3 is 20.1 Å². The minimum absolute atomic E-state index is 0.0685. The summed E-state index contributed by atoms with van der Waals surface area (Å²) >= 11 is 12.2. The van der Waals surface area contributed by atoms with E-state index in [0.717, 1.165) is 18.6 Å². The van der Waals surface area contributed by atoms with E-state index in [9.17, 15) is 4.79 Å². The van der Waals surface area contributed by atoms with Crippen molar-refractivity contribution in [1.82, 2.24) is 0 Å². The van der Waals surface area contributed by atoms with Gasteiger partial charge in [0.05, 0.1) is 34.6 Å². The Morgan fingerprint density at radius 2 is 1.93 bits per heavy atom. The van der Waals surface area contributed by atoms with Gasteiger partial charge in [0.1, 0.15) is 5.75 Å². The highest BCUT2D eigenvalue weighted by molar-refractivity contribution is 6.44. The Balaban J connectivity index is 1.78. The van der Waals surface area contributed by atoms with Crippen molar-refractivity contribution in [3.05, 3.63) is 52.0 Å². The third kappa shape index (κ3) is 5.78. The molecule has 2 amide bonds. The van der Waals surface area contributed by atoms with E-state index in [0.29, 0.717) is 46.3 Å². The quantitative estimate of drug-likeness (QED) is 0.573. The summed E-state index contributed by atoms with van der Waals surface area (Å²) in [6.07, 6.45) is 0.983. The number of halogens is 2. The maximum Gasteiger partial charge on any atom is 0.323 e. The Morgan fingerprint density at radius 3 is 2.62 bits per heavy atom. The average molecular weight is 437 g/mol. The number of hydrogen-bond donors (Lipinski definition) is 2. The van der Waals surface area contributed by atoms with Crippen molar-refractivity contribution in [2.45, 2.75) is 32.6 Å². The standard InChI is InChI=1S/C22H26Cl2N2O3/c1-22(2,3)15-7-8-19(29-13-14-9-10-28-12-14)18(11-15)26-21(27)25-17-6-4-5-16(23)20(17)24/h4-8,11,14H,9-10,12-13H2,1-3H3,(H2,25,26,27). The van der Waals surface area contributed by atoms with Gasteiger partial charge in [-0.1, -0.05) is 56.1 Å². The first kappa shape index (κ1) is 21.8. The molecule has 3 rings (SSSR count). The molecule has 1 aliphatic heterocycles. The van der Waals surface area contributed by atoms with Gasteiger partial charge in [-0.25, -0.2) is 4.79 Å². The molecule has 1 fully saturated rings. The van der Waals surface area contributed by atoms with Crippen LogP contribution in [0.25, 0.3) is 0 Å². The molecule has 0 radical (unpaired) electrons. The number of hydrogen-bond acceptors (Lipinski definition) is 3. The van der Waals surface area contributed by atoms with Gasteiger partial charge in [-0.05, 0) is 41.7 Å². The first-order valence-corrected chi connectivity index (χ1v) is 10.4. The first-order valence-electron chi connectivity index (χ1n) is 9.61. The van der Waals surface area contributed by atoms with E-state index in [1.165, 1.54) is 0 Å². The van der Waals surface area contributed by atoms with E-state index in [1.54, 1.807) is 18.2 Å². The number of carbonyl (C=O) groups is 1. The van der Waals surface area contributed by atoms with Crippen LogP contribution >= 0.6 is 23.2 Å². The van der Waals surface area contributed by atoms with Crippen molar-refractivity contribution >= 4 is 40.6 Å². The zero-order valence-corrected chi connectivity index (χ0v) is 18.4. The van der Waals surface area contributed by atoms with Crippen molar-refractivity contribution in [2.24, 2.45) is 5.92 Å². The largest absolute Gasteiger partial charge is 0.491 e. The molecule has 1 aliphatic rings. The van der Waals surface area contributed by atoms with Crippen molar-refractivity contribution in [1.29, 1.82) is 0 Å². The van der Waals surface area contributed by atoms with Gasteiger partial charge in [0.2, 0.25) is 0 Å². The molecule has 7 heteroatoms. The normalized spacial score (nSPS) is 16.5. The van der Waals surface area contributed by atoms with Crippen LogP contribution in [0.15, 0.2) is 36.4 Å². The van der Waals surface area contributed by atoms with Crippen LogP contribution in [0, 0.1) is 5.92 Å². The summed E-state index contributed by atoms with van der Waals surface area (Å²) < 4.78 is 11.4. The molecule has 0 saturated carbocycles. The molecule has 5 nitrogen and oxygen atoms in total. The number of nitrogens with one attached hydrogen (secondary N) is 2. The highest BCUT2D eigenvalue weighted by Crippen LogP contribution is 2.33. The number of anilines is 2. The molecule has 29 heavy (non-hydrogen) atoms. The number of rotatable bonds is 5. The molecule has 156 valence electrons. The number of carbonyl (C=O) groups excluding carboxylic acids is 1. The third-order valence-electron chi connectivity index (χ3n) is 4.79. The molecule has 0 spiro atoms. The van der Waals surface area contributed by atoms with Gasteiger partial charge in [0.25, 0.3) is 0 Å². The fourth-order valence-electron chi connectivity index (χ4n) is 3.02. The van der Waals surface area contributed by atoms with Gasteiger partial charge in [0.15, 0.2) is 0 Å². The molecule has 2 aromatic carbocycles. The van der Waals surface area contributed by atoms with E-state index in [4.69, 9.17) is 32.7 Å². The third-order valence-corrected chi connectivity index (χ3v) is 5.61. The lowest BCUT2D eigenvalue weighted by Crippen LogP contribution is -2.21. The molecule has 2 N–H and O–H groups in total. The molecule has 1 heterocycles. The smallest absolute Gasteiger partial charge is 0.323 e. The van der Waals surface area contributed by atoms with Gasteiger partial charge in [-0.2, -0.15) is 0 Å². The van der Waals surface area contributed by atoms with Gasteiger partial charge in [0, 0.05) is 12.5 Å². The van der Waals surface area contributed by atoms with E-state index < -0.39 is 6.03 Å². The average Bonchev–Trinajstić information content (AvgIpc) is 3.17. The lowest BCUT2D eigenvalue weighted by atomic mass is 9.87. The highest BCUT2D eigenvalue weighted by atomic mass is 35.5. The lowest BCUT2D eigenvalue weighted by Gasteiger charge is -2.22. The Labute approximate surface area is 181 Å². The maximum atomic E-state index is 12.6. The van der Waals surface area contributed by atoms with Crippen LogP contribution in [0.5, 0.6) is 5.75 Å². The fraction of sp³-hybridized carbons (Fsp3) is 0.409. The van der Waals surface area contributed by atoms with Crippen LogP contribution in [0.3, 0.4) is 0 Å². The number of benzene rings is 2. The number of urea groups is 1. The highest BCUT2D eigenvalue weighted by Gasteiger charge is 2.20. The van der Waals surface area contributed by atoms with Crippen molar-refractivity contribution in [3.63, 3.8) is 0 Å². The van der Waals surface area contributed by atoms with Crippen LogP contribution < -0.4 is 15.4 Å². The fourth-order valence-corrected chi connectivity index (χ4v) is 3.37. The van der Waals surface area contributed by atoms with Crippen LogP contribution in [0.4, 0.5) is 16.2 Å². The van der Waals surface area contributed by atoms with Crippen molar-refractivity contribution in [2.75, 3.05) is 30.5 Å². The summed E-state index contributed by atoms with van der Waals surface area (Å²) in [4.78, 5) is 12.6. The number of amides is 2. The second-order valence-electron chi connectivity index (χ2n) is 8.18. The maximum absolute atomic E-state index is 12.6. The SMILES string of the molecule is CC(C)(C)c1ccc(OCC2CCOC2)c(NC(=O)Nc2cccc(Cl)c2Cl)c1. The summed E-state index contributed by atoms with van der Waals surface area (Å²) in [5.74, 6) is 0.987. The molecule has 0 aromatic heterocycles. The Morgan fingerprint density at radius 1 is 1.17 bits per heavy atom. The van der Waals surface area contributed by atoms with Crippen LogP contribution in [0.2, 0.25) is 10.0 Å². The molecule has 1 atom stereocenters. The molecule has 2 aromatic rings. The van der Waals surface area contributed by atoms with Gasteiger partial charge in [-0.3, -0.25) is 0 Å². The first-order chi connectivity index (χ1) is 13.7. The Kier molecular flexibility index (Phi) is 6.93. The predicted octanol–water partition coefficient (Wildman–Crippen LogP) is 6.35. The van der Waals surface area contributed by atoms with Crippen LogP contribution in [0.1, 0.15) is 32.8 Å². The van der Waals surface area contributed by atoms with E-state index in [-0.39, 0.29) is 5.41 Å². The zero-order valence-electron chi connectivity index (χ0n) is 16.9. The van der Waals surface area contributed by atoms with Crippen LogP contribution in [-0.2, 0) is 10.2 Å². The minimum atomic E-state index is -0.422. The topological polar surface area (TPSA) is 59.6 Å². The second kappa shape index (κ2) is 9.24. The monoisotopic (exact) mass is 436 g/mol. The lowest BCUT2D eigenvalue weighted by molar-refractivity contribution is 0.167. The summed E-state index contributed by atoms with van der Waals surface area (Å²) in [6.45, 7) is 8.38. The molecule has 1 unspecified atom stereocenters. The Hall–Kier alpha value is -1.95. The summed E-state index contributed by atoms with van der Waals surface area (Å²) in [5.41, 5.74) is 2.06. The van der Waals surface area contributed by atoms with Gasteiger partial charge >= 0.3 is 6.03 Å². The summed E-state index contributed by atoms with van der Waals surface area (Å²) in [6, 6.07) is 10.5. The molecular formula is C22H26Cl2N2O3. The Bertz CT molecular complexity index is 875. The second-order valence-corrected chi connectivity index (χ2v) is 8.97. The van der Waals surface area contributed by atoms with E-state index in [2.05, 4.69) is 31.4 Å². The van der Waals surface area contributed by atoms with Gasteiger partial charge in [-0.15, -0.1) is 0 Å². The van der Waals surface area contributed by atoms with E-state index in [1.807, 2.05) is 18.2 Å². The predicted molar refractivity (Wildman–Crippen MR) is 119 cm³/mol. The zero-order chi connectivity index (χ0) is 21.0. The summed E-state index contributed by atoms with van der Waals surface area (Å²) in [5, 5.41) is 6.30. The summed E-state index contributed by atoms with van der Waals surface area (Å²) in [7, 11) is 0. The number of ether oxygens (including phenoxy) is 2. The molecule has 1 saturated heterocycles. The molecular weight excluding hydrogens is 411 g/mol. The molecule has 0 bridgehead atoms. The van der Waals surface area contributed by atoms with Crippen LogP contribution in [-0.4, -0.2) is 25.9 Å². The van der Waals surface area contributed by atoms with E-state index >= 15 is 0 Å². The van der Waals surface area contributed by atoms with Crippen molar-refractivity contribution < 1.29 is 14.3 Å². The minimum Gasteiger partial charge on any atom is -0.491 e. The molecule has 0 aliphatic carbocycles. The van der Waals surface area contributed by atoms with Crippen molar-refractivity contribution in [3.8, 4) is 5.75 Å².